The van der Waals surface area contributed by atoms with Crippen molar-refractivity contribution < 1.29 is 27.4 Å². The Balaban J connectivity index is 1.83. The molecule has 0 aliphatic carbocycles. The Kier molecular flexibility index (Phi) is 6.44. The van der Waals surface area contributed by atoms with Crippen molar-refractivity contribution in [1.82, 2.24) is 10.2 Å². The van der Waals surface area contributed by atoms with Gasteiger partial charge in [0.15, 0.2) is 6.10 Å². The Hall–Kier alpha value is -1.80. The van der Waals surface area contributed by atoms with Gasteiger partial charge in [0.25, 0.3) is 5.91 Å². The Morgan fingerprint density at radius 2 is 2.00 bits per heavy atom. The third-order valence-electron chi connectivity index (χ3n) is 3.70. The molecular weight excluding hydrogens is 325 g/mol. The normalized spacial score (nSPS) is 17.3. The maximum atomic E-state index is 12.9. The molecule has 134 valence electrons. The van der Waals surface area contributed by atoms with Gasteiger partial charge >= 0.3 is 6.18 Å². The van der Waals surface area contributed by atoms with Gasteiger partial charge in [-0.15, -0.1) is 0 Å². The average molecular weight is 346 g/mol. The number of amides is 1. The molecule has 1 aromatic rings. The molecule has 0 bridgehead atoms. The highest BCUT2D eigenvalue weighted by atomic mass is 19.4. The minimum atomic E-state index is -4.52. The molecule has 1 fully saturated rings. The van der Waals surface area contributed by atoms with Crippen LogP contribution < -0.4 is 10.1 Å². The average Bonchev–Trinajstić information content (AvgIpc) is 2.55. The van der Waals surface area contributed by atoms with E-state index in [2.05, 4.69) is 10.2 Å². The number of benzene rings is 1. The van der Waals surface area contributed by atoms with E-state index in [1.165, 1.54) is 25.1 Å². The summed E-state index contributed by atoms with van der Waals surface area (Å²) < 4.78 is 49.2. The van der Waals surface area contributed by atoms with Crippen molar-refractivity contribution in [2.75, 3.05) is 39.4 Å². The van der Waals surface area contributed by atoms with Crippen LogP contribution in [0.5, 0.6) is 5.75 Å². The Morgan fingerprint density at radius 3 is 2.67 bits per heavy atom. The van der Waals surface area contributed by atoms with E-state index < -0.39 is 23.8 Å². The molecule has 1 atom stereocenters. The summed E-state index contributed by atoms with van der Waals surface area (Å²) in [6.45, 7) is 5.46. The Morgan fingerprint density at radius 1 is 1.33 bits per heavy atom. The van der Waals surface area contributed by atoms with E-state index in [9.17, 15) is 18.0 Å². The Labute approximate surface area is 138 Å². The fourth-order valence-electron chi connectivity index (χ4n) is 2.35. The number of hydrogen-bond donors (Lipinski definition) is 1. The zero-order valence-electron chi connectivity index (χ0n) is 13.4. The van der Waals surface area contributed by atoms with E-state index in [-0.39, 0.29) is 5.75 Å². The van der Waals surface area contributed by atoms with Crippen molar-refractivity contribution in [3.05, 3.63) is 29.8 Å². The summed E-state index contributed by atoms with van der Waals surface area (Å²) in [7, 11) is 0. The first-order valence-corrected chi connectivity index (χ1v) is 7.78. The van der Waals surface area contributed by atoms with Gasteiger partial charge < -0.3 is 14.8 Å². The van der Waals surface area contributed by atoms with Gasteiger partial charge in [-0.1, -0.05) is 12.1 Å². The maximum Gasteiger partial charge on any atom is 0.419 e. The lowest BCUT2D eigenvalue weighted by Crippen LogP contribution is -2.44. The molecule has 8 heteroatoms. The highest BCUT2D eigenvalue weighted by Crippen LogP contribution is 2.36. The van der Waals surface area contributed by atoms with E-state index in [4.69, 9.17) is 9.47 Å². The summed E-state index contributed by atoms with van der Waals surface area (Å²) in [6.07, 6.45) is -5.54. The third-order valence-corrected chi connectivity index (χ3v) is 3.70. The van der Waals surface area contributed by atoms with Crippen molar-refractivity contribution in [2.45, 2.75) is 19.2 Å². The van der Waals surface area contributed by atoms with Crippen LogP contribution in [-0.4, -0.2) is 56.3 Å². The van der Waals surface area contributed by atoms with Crippen molar-refractivity contribution in [3.8, 4) is 5.75 Å². The molecule has 1 N–H and O–H groups in total. The summed E-state index contributed by atoms with van der Waals surface area (Å²) >= 11 is 0. The number of carbonyl (C=O) groups is 1. The highest BCUT2D eigenvalue weighted by Gasteiger charge is 2.34. The van der Waals surface area contributed by atoms with Crippen molar-refractivity contribution in [3.63, 3.8) is 0 Å². The molecule has 24 heavy (non-hydrogen) atoms. The molecule has 1 heterocycles. The maximum absolute atomic E-state index is 12.9. The molecule has 1 aromatic carbocycles. The van der Waals surface area contributed by atoms with Gasteiger partial charge in [0.2, 0.25) is 0 Å². The zero-order chi connectivity index (χ0) is 17.6. The number of nitrogens with zero attached hydrogens (tertiary/aromatic N) is 1. The second-order valence-corrected chi connectivity index (χ2v) is 5.50. The van der Waals surface area contributed by atoms with Crippen LogP contribution in [-0.2, 0) is 15.7 Å². The molecule has 1 aliphatic rings. The van der Waals surface area contributed by atoms with Crippen LogP contribution in [0.1, 0.15) is 12.5 Å². The molecule has 0 unspecified atom stereocenters. The number of halogens is 3. The summed E-state index contributed by atoms with van der Waals surface area (Å²) in [5.74, 6) is -0.791. The van der Waals surface area contributed by atoms with Crippen LogP contribution in [0.25, 0.3) is 0 Å². The lowest BCUT2D eigenvalue weighted by molar-refractivity contribution is -0.140. The van der Waals surface area contributed by atoms with Crippen LogP contribution in [0.2, 0.25) is 0 Å². The lowest BCUT2D eigenvalue weighted by Gasteiger charge is -2.26. The second kappa shape index (κ2) is 8.34. The first kappa shape index (κ1) is 18.5. The quantitative estimate of drug-likeness (QED) is 0.855. The van der Waals surface area contributed by atoms with E-state index >= 15 is 0 Å². The predicted octanol–water partition coefficient (Wildman–Crippen LogP) is 1.92. The second-order valence-electron chi connectivity index (χ2n) is 5.50. The lowest BCUT2D eigenvalue weighted by atomic mass is 10.2. The Bertz CT molecular complexity index is 546. The minimum absolute atomic E-state index is 0.346. The largest absolute Gasteiger partial charge is 0.480 e. The molecule has 1 aliphatic heterocycles. The number of rotatable bonds is 6. The van der Waals surface area contributed by atoms with Crippen molar-refractivity contribution in [1.29, 1.82) is 0 Å². The number of ether oxygens (including phenoxy) is 2. The number of para-hydroxylation sites is 1. The zero-order valence-corrected chi connectivity index (χ0v) is 13.4. The van der Waals surface area contributed by atoms with Gasteiger partial charge in [0, 0.05) is 26.2 Å². The van der Waals surface area contributed by atoms with Gasteiger partial charge in [-0.25, -0.2) is 0 Å². The van der Waals surface area contributed by atoms with Gasteiger partial charge in [-0.3, -0.25) is 9.69 Å². The van der Waals surface area contributed by atoms with Gasteiger partial charge in [-0.05, 0) is 19.1 Å². The molecule has 5 nitrogen and oxygen atoms in total. The highest BCUT2D eigenvalue weighted by molar-refractivity contribution is 5.80. The summed E-state index contributed by atoms with van der Waals surface area (Å²) in [4.78, 5) is 14.1. The van der Waals surface area contributed by atoms with Gasteiger partial charge in [0.1, 0.15) is 5.75 Å². The summed E-state index contributed by atoms with van der Waals surface area (Å²) in [6, 6.07) is 4.86. The third kappa shape index (κ3) is 5.38. The predicted molar refractivity (Wildman–Crippen MR) is 81.8 cm³/mol. The molecule has 0 saturated carbocycles. The van der Waals surface area contributed by atoms with Gasteiger partial charge in [0.05, 0.1) is 18.8 Å². The topological polar surface area (TPSA) is 50.8 Å². The van der Waals surface area contributed by atoms with Crippen LogP contribution in [0.3, 0.4) is 0 Å². The number of morpholine rings is 1. The number of carbonyl (C=O) groups excluding carboxylic acids is 1. The van der Waals surface area contributed by atoms with Crippen LogP contribution in [0, 0.1) is 0 Å². The van der Waals surface area contributed by atoms with Gasteiger partial charge in [-0.2, -0.15) is 13.2 Å². The standard InChI is InChI=1S/C16H21F3N2O3/c1-12(15(22)20-6-7-21-8-10-23-11-9-21)24-14-5-3-2-4-13(14)16(17,18)19/h2-5,12H,6-11H2,1H3,(H,20,22)/t12-/m0/s1. The monoisotopic (exact) mass is 346 g/mol. The molecule has 0 aromatic heterocycles. The number of nitrogens with one attached hydrogen (secondary N) is 1. The molecule has 1 saturated heterocycles. The number of alkyl halides is 3. The summed E-state index contributed by atoms with van der Waals surface area (Å²) in [5, 5.41) is 2.68. The first-order valence-electron chi connectivity index (χ1n) is 7.78. The van der Waals surface area contributed by atoms with Crippen LogP contribution in [0.15, 0.2) is 24.3 Å². The van der Waals surface area contributed by atoms with E-state index in [1.807, 2.05) is 0 Å². The van der Waals surface area contributed by atoms with Crippen LogP contribution >= 0.6 is 0 Å². The molecule has 2 rings (SSSR count). The molecular formula is C16H21F3N2O3. The van der Waals surface area contributed by atoms with Crippen molar-refractivity contribution in [2.24, 2.45) is 0 Å². The minimum Gasteiger partial charge on any atom is -0.480 e. The summed E-state index contributed by atoms with van der Waals surface area (Å²) in [5.41, 5.74) is -0.891. The fourth-order valence-corrected chi connectivity index (χ4v) is 2.35. The fraction of sp³-hybridized carbons (Fsp3) is 0.562. The molecule has 0 spiro atoms. The smallest absolute Gasteiger partial charge is 0.419 e. The van der Waals surface area contributed by atoms with Crippen LogP contribution in [0.4, 0.5) is 13.2 Å². The molecule has 0 radical (unpaired) electrons. The first-order chi connectivity index (χ1) is 11.4. The number of hydrogen-bond acceptors (Lipinski definition) is 4. The SMILES string of the molecule is C[C@H](Oc1ccccc1C(F)(F)F)C(=O)NCCN1CCOCC1. The van der Waals surface area contributed by atoms with E-state index in [0.717, 1.165) is 19.2 Å². The van der Waals surface area contributed by atoms with E-state index in [1.54, 1.807) is 0 Å². The molecule has 1 amide bonds. The van der Waals surface area contributed by atoms with Crippen molar-refractivity contribution >= 4 is 5.91 Å². The van der Waals surface area contributed by atoms with E-state index in [0.29, 0.717) is 26.3 Å².